The van der Waals surface area contributed by atoms with Crippen molar-refractivity contribution in [3.05, 3.63) is 0 Å². The first kappa shape index (κ1) is 16.2. The van der Waals surface area contributed by atoms with Crippen LogP contribution in [0.5, 0.6) is 0 Å². The van der Waals surface area contributed by atoms with Gasteiger partial charge in [0.1, 0.15) is 0 Å². The Balaban J connectivity index is 1.86. The Morgan fingerprint density at radius 1 is 1.15 bits per heavy atom. The molecule has 1 N–H and O–H groups in total. The normalized spacial score (nSPS) is 26.1. The second kappa shape index (κ2) is 6.75. The summed E-state index contributed by atoms with van der Waals surface area (Å²) in [6.45, 7) is 9.19. The fourth-order valence-corrected chi connectivity index (χ4v) is 4.80. The van der Waals surface area contributed by atoms with Gasteiger partial charge in [-0.2, -0.15) is 0 Å². The Bertz CT molecular complexity index is 386. The quantitative estimate of drug-likeness (QED) is 0.808. The van der Waals surface area contributed by atoms with Crippen molar-refractivity contribution in [2.75, 3.05) is 44.2 Å². The van der Waals surface area contributed by atoms with Gasteiger partial charge in [0.25, 0.3) is 0 Å². The number of hydrogen-bond donors (Lipinski definition) is 1. The summed E-state index contributed by atoms with van der Waals surface area (Å²) in [5, 5.41) is 3.63. The molecule has 0 atom stereocenters. The van der Waals surface area contributed by atoms with Crippen LogP contribution in [0.4, 0.5) is 0 Å². The van der Waals surface area contributed by atoms with E-state index >= 15 is 0 Å². The van der Waals surface area contributed by atoms with Crippen molar-refractivity contribution >= 4 is 9.84 Å². The van der Waals surface area contributed by atoms with Crippen molar-refractivity contribution in [2.24, 2.45) is 11.3 Å². The molecule has 2 rings (SSSR count). The molecule has 0 unspecified atom stereocenters. The van der Waals surface area contributed by atoms with Crippen LogP contribution >= 0.6 is 0 Å². The van der Waals surface area contributed by atoms with Crippen LogP contribution in [0.3, 0.4) is 0 Å². The van der Waals surface area contributed by atoms with Crippen LogP contribution in [0, 0.1) is 11.3 Å². The van der Waals surface area contributed by atoms with Gasteiger partial charge in [0.2, 0.25) is 0 Å². The Hall–Kier alpha value is -0.130. The lowest BCUT2D eigenvalue weighted by atomic mass is 9.85. The second-order valence-electron chi connectivity index (χ2n) is 7.16. The number of sulfone groups is 1. The molecular weight excluding hydrogens is 272 g/mol. The highest BCUT2D eigenvalue weighted by Crippen LogP contribution is 2.38. The molecule has 0 amide bonds. The van der Waals surface area contributed by atoms with E-state index in [1.807, 2.05) is 0 Å². The molecule has 5 heteroatoms. The van der Waals surface area contributed by atoms with Gasteiger partial charge in [0.15, 0.2) is 9.84 Å². The molecule has 20 heavy (non-hydrogen) atoms. The molecule has 2 fully saturated rings. The molecular formula is C15H30N2O2S. The van der Waals surface area contributed by atoms with E-state index in [0.717, 1.165) is 32.7 Å². The van der Waals surface area contributed by atoms with E-state index in [1.165, 1.54) is 25.7 Å². The van der Waals surface area contributed by atoms with E-state index in [0.29, 0.717) is 22.8 Å². The molecule has 0 aromatic rings. The van der Waals surface area contributed by atoms with E-state index in [2.05, 4.69) is 24.1 Å². The second-order valence-corrected chi connectivity index (χ2v) is 9.46. The van der Waals surface area contributed by atoms with Crippen molar-refractivity contribution in [1.29, 1.82) is 0 Å². The molecule has 1 saturated heterocycles. The molecule has 1 heterocycles. The smallest absolute Gasteiger partial charge is 0.152 e. The average Bonchev–Trinajstić information content (AvgIpc) is 2.80. The van der Waals surface area contributed by atoms with Crippen LogP contribution < -0.4 is 5.32 Å². The highest BCUT2D eigenvalue weighted by Gasteiger charge is 2.36. The van der Waals surface area contributed by atoms with Gasteiger partial charge in [0.05, 0.1) is 11.5 Å². The highest BCUT2D eigenvalue weighted by atomic mass is 32.2. The summed E-state index contributed by atoms with van der Waals surface area (Å²) in [7, 11) is -2.75. The van der Waals surface area contributed by atoms with Crippen molar-refractivity contribution in [3.8, 4) is 0 Å². The Morgan fingerprint density at radius 2 is 1.75 bits per heavy atom. The SMILES string of the molecule is CC(C)CNCC1(CN2CCS(=O)(=O)CC2)CCCC1. The maximum absolute atomic E-state index is 11.5. The van der Waals surface area contributed by atoms with Crippen LogP contribution in [0.25, 0.3) is 0 Å². The number of nitrogens with zero attached hydrogens (tertiary/aromatic N) is 1. The Kier molecular flexibility index (Phi) is 5.49. The topological polar surface area (TPSA) is 49.4 Å². The summed E-state index contributed by atoms with van der Waals surface area (Å²) >= 11 is 0. The summed E-state index contributed by atoms with van der Waals surface area (Å²) in [4.78, 5) is 2.38. The molecule has 1 aliphatic carbocycles. The minimum atomic E-state index is -2.75. The zero-order valence-electron chi connectivity index (χ0n) is 13.0. The van der Waals surface area contributed by atoms with E-state index in [4.69, 9.17) is 0 Å². The van der Waals surface area contributed by atoms with Gasteiger partial charge < -0.3 is 10.2 Å². The fourth-order valence-electron chi connectivity index (χ4n) is 3.52. The predicted molar refractivity (Wildman–Crippen MR) is 83.7 cm³/mol. The first-order valence-corrected chi connectivity index (χ1v) is 9.87. The molecule has 0 radical (unpaired) electrons. The third kappa shape index (κ3) is 4.71. The molecule has 0 spiro atoms. The van der Waals surface area contributed by atoms with Crippen molar-refractivity contribution in [2.45, 2.75) is 39.5 Å². The van der Waals surface area contributed by atoms with Gasteiger partial charge in [-0.15, -0.1) is 0 Å². The maximum Gasteiger partial charge on any atom is 0.152 e. The molecule has 0 aromatic heterocycles. The number of hydrogen-bond acceptors (Lipinski definition) is 4. The lowest BCUT2D eigenvalue weighted by Gasteiger charge is -2.37. The standard InChI is InChI=1S/C15H30N2O2S/c1-14(2)11-16-12-15(5-3-4-6-15)13-17-7-9-20(18,19)10-8-17/h14,16H,3-13H2,1-2H3. The molecule has 1 aliphatic heterocycles. The van der Waals surface area contributed by atoms with E-state index in [-0.39, 0.29) is 0 Å². The minimum Gasteiger partial charge on any atom is -0.316 e. The van der Waals surface area contributed by atoms with E-state index < -0.39 is 9.84 Å². The van der Waals surface area contributed by atoms with Crippen LogP contribution in [0.15, 0.2) is 0 Å². The zero-order chi connectivity index (χ0) is 14.6. The van der Waals surface area contributed by atoms with Gasteiger partial charge in [0, 0.05) is 26.2 Å². The van der Waals surface area contributed by atoms with Crippen molar-refractivity contribution in [1.82, 2.24) is 10.2 Å². The fraction of sp³-hybridized carbons (Fsp3) is 1.00. The van der Waals surface area contributed by atoms with Gasteiger partial charge in [-0.05, 0) is 30.7 Å². The molecule has 2 aliphatic rings. The van der Waals surface area contributed by atoms with Crippen LogP contribution in [-0.2, 0) is 9.84 Å². The summed E-state index contributed by atoms with van der Waals surface area (Å²) < 4.78 is 23.0. The number of nitrogens with one attached hydrogen (secondary N) is 1. The monoisotopic (exact) mass is 302 g/mol. The summed E-state index contributed by atoms with van der Waals surface area (Å²) in [6.07, 6.45) is 5.24. The average molecular weight is 302 g/mol. The Morgan fingerprint density at radius 3 is 2.30 bits per heavy atom. The molecule has 4 nitrogen and oxygen atoms in total. The van der Waals surface area contributed by atoms with E-state index in [9.17, 15) is 8.42 Å². The lowest BCUT2D eigenvalue weighted by molar-refractivity contribution is 0.156. The highest BCUT2D eigenvalue weighted by molar-refractivity contribution is 7.91. The Labute approximate surface area is 124 Å². The van der Waals surface area contributed by atoms with Gasteiger partial charge >= 0.3 is 0 Å². The van der Waals surface area contributed by atoms with Gasteiger partial charge in [-0.25, -0.2) is 8.42 Å². The molecule has 118 valence electrons. The maximum atomic E-state index is 11.5. The lowest BCUT2D eigenvalue weighted by Crippen LogP contribution is -2.48. The summed E-state index contributed by atoms with van der Waals surface area (Å²) in [5.74, 6) is 1.39. The minimum absolute atomic E-state index is 0.350. The summed E-state index contributed by atoms with van der Waals surface area (Å²) in [5.41, 5.74) is 0.385. The first-order chi connectivity index (χ1) is 9.41. The predicted octanol–water partition coefficient (Wildman–Crippen LogP) is 1.52. The van der Waals surface area contributed by atoms with E-state index in [1.54, 1.807) is 0 Å². The third-order valence-electron chi connectivity index (χ3n) is 4.71. The van der Waals surface area contributed by atoms with Gasteiger partial charge in [-0.1, -0.05) is 26.7 Å². The third-order valence-corrected chi connectivity index (χ3v) is 6.32. The van der Waals surface area contributed by atoms with Crippen LogP contribution in [-0.4, -0.2) is 57.5 Å². The zero-order valence-corrected chi connectivity index (χ0v) is 13.8. The molecule has 0 bridgehead atoms. The van der Waals surface area contributed by atoms with Crippen molar-refractivity contribution < 1.29 is 8.42 Å². The van der Waals surface area contributed by atoms with Crippen LogP contribution in [0.1, 0.15) is 39.5 Å². The summed E-state index contributed by atoms with van der Waals surface area (Å²) in [6, 6.07) is 0. The molecule has 0 aromatic carbocycles. The van der Waals surface area contributed by atoms with Crippen LogP contribution in [0.2, 0.25) is 0 Å². The number of rotatable bonds is 6. The largest absolute Gasteiger partial charge is 0.316 e. The van der Waals surface area contributed by atoms with Crippen molar-refractivity contribution in [3.63, 3.8) is 0 Å². The first-order valence-electron chi connectivity index (χ1n) is 8.04. The molecule has 1 saturated carbocycles. The van der Waals surface area contributed by atoms with Gasteiger partial charge in [-0.3, -0.25) is 0 Å².